The van der Waals surface area contributed by atoms with Crippen LogP contribution in [-0.4, -0.2) is 18.0 Å². The van der Waals surface area contributed by atoms with Gasteiger partial charge in [-0.2, -0.15) is 13.2 Å². The van der Waals surface area contributed by atoms with Crippen molar-refractivity contribution >= 4 is 0 Å². The van der Waals surface area contributed by atoms with E-state index in [2.05, 4.69) is 0 Å². The molecule has 70 valence electrons. The Balaban J connectivity index is 2.37. The first-order valence-corrected chi connectivity index (χ1v) is 2.94. The normalized spacial score (nSPS) is 46.8. The van der Waals surface area contributed by atoms with Crippen molar-refractivity contribution in [3.05, 3.63) is 0 Å². The summed E-state index contributed by atoms with van der Waals surface area (Å²) in [6, 6.07) is 0. The quantitative estimate of drug-likeness (QED) is 0.519. The molecule has 0 saturated heterocycles. The largest absolute Gasteiger partial charge is 0.406 e. The molecular weight excluding hydrogens is 193 g/mol. The van der Waals surface area contributed by atoms with Gasteiger partial charge in [0.1, 0.15) is 5.92 Å². The molecule has 0 bridgehead atoms. The lowest BCUT2D eigenvalue weighted by Crippen LogP contribution is -2.39. The van der Waals surface area contributed by atoms with Crippen molar-refractivity contribution in [3.63, 3.8) is 0 Å². The zero-order chi connectivity index (χ0) is 9.58. The van der Waals surface area contributed by atoms with Gasteiger partial charge in [-0.3, -0.25) is 0 Å². The van der Waals surface area contributed by atoms with Crippen LogP contribution in [0.5, 0.6) is 0 Å². The maximum atomic E-state index is 12.0. The van der Waals surface area contributed by atoms with Crippen molar-refractivity contribution < 1.29 is 30.7 Å². The fourth-order valence-electron chi connectivity index (χ4n) is 1.72. The summed E-state index contributed by atoms with van der Waals surface area (Å²) in [5, 5.41) is 0. The van der Waals surface area contributed by atoms with Gasteiger partial charge in [0, 0.05) is 0 Å². The molecule has 0 atom stereocenters. The minimum absolute atomic E-state index is 2.81. The lowest BCUT2D eigenvalue weighted by molar-refractivity contribution is -0.249. The molecule has 0 heterocycles. The smallest absolute Gasteiger partial charge is 0.205 e. The van der Waals surface area contributed by atoms with Gasteiger partial charge in [0.25, 0.3) is 11.8 Å². The number of fused-ring (bicyclic) bond motifs is 1. The summed E-state index contributed by atoms with van der Waals surface area (Å²) < 4.78 is 83.2. The molecular formula is C5HF7. The molecule has 0 aliphatic heterocycles. The lowest BCUT2D eigenvalue weighted by Gasteiger charge is -2.19. The summed E-state index contributed by atoms with van der Waals surface area (Å²) in [6.45, 7) is 0. The summed E-state index contributed by atoms with van der Waals surface area (Å²) in [4.78, 5) is 0. The number of halogens is 7. The summed E-state index contributed by atoms with van der Waals surface area (Å²) in [6.07, 6.45) is -5.51. The number of hydrogen-bond donors (Lipinski definition) is 0. The molecule has 2 rings (SSSR count). The molecule has 0 aromatic rings. The molecule has 2 aliphatic carbocycles. The molecule has 12 heavy (non-hydrogen) atoms. The van der Waals surface area contributed by atoms with Crippen LogP contribution in [0.25, 0.3) is 0 Å². The van der Waals surface area contributed by atoms with Crippen LogP contribution in [0.4, 0.5) is 30.7 Å². The van der Waals surface area contributed by atoms with Crippen LogP contribution in [0.15, 0.2) is 0 Å². The van der Waals surface area contributed by atoms with E-state index in [-0.39, 0.29) is 0 Å². The van der Waals surface area contributed by atoms with Crippen molar-refractivity contribution in [2.24, 2.45) is 11.3 Å². The van der Waals surface area contributed by atoms with Gasteiger partial charge in [-0.1, -0.05) is 0 Å². The summed E-state index contributed by atoms with van der Waals surface area (Å²) in [5.74, 6) is -11.3. The zero-order valence-electron chi connectivity index (χ0n) is 5.22. The lowest BCUT2D eigenvalue weighted by atomic mass is 10.1. The Hall–Kier alpha value is -0.490. The third-order valence-electron chi connectivity index (χ3n) is 2.49. The number of alkyl halides is 7. The summed E-state index contributed by atoms with van der Waals surface area (Å²) in [5.41, 5.74) is -4.02. The monoisotopic (exact) mass is 194 g/mol. The van der Waals surface area contributed by atoms with E-state index in [1.54, 1.807) is 0 Å². The molecule has 2 saturated carbocycles. The molecule has 7 heteroatoms. The Kier molecular flexibility index (Phi) is 0.916. The van der Waals surface area contributed by atoms with Crippen LogP contribution < -0.4 is 0 Å². The molecule has 0 nitrogen and oxygen atoms in total. The van der Waals surface area contributed by atoms with E-state index in [0.29, 0.717) is 0 Å². The Morgan fingerprint density at radius 2 is 1.17 bits per heavy atom. The molecule has 2 fully saturated rings. The predicted molar refractivity (Wildman–Crippen MR) is 21.9 cm³/mol. The zero-order valence-corrected chi connectivity index (χ0v) is 5.22. The Labute approximate surface area is 61.3 Å². The van der Waals surface area contributed by atoms with Crippen molar-refractivity contribution in [3.8, 4) is 0 Å². The van der Waals surface area contributed by atoms with E-state index in [0.717, 1.165) is 0 Å². The second kappa shape index (κ2) is 1.35. The SMILES string of the molecule is FC(F)(F)C12C(C1(F)F)C2(F)F. The van der Waals surface area contributed by atoms with Gasteiger partial charge in [0.15, 0.2) is 0 Å². The van der Waals surface area contributed by atoms with E-state index < -0.39 is 29.4 Å². The Bertz CT molecular complexity index is 233. The summed E-state index contributed by atoms with van der Waals surface area (Å²) >= 11 is 0. The third kappa shape index (κ3) is 0.420. The van der Waals surface area contributed by atoms with Crippen LogP contribution >= 0.6 is 0 Å². The highest BCUT2D eigenvalue weighted by atomic mass is 19.4. The molecule has 2 aliphatic rings. The maximum Gasteiger partial charge on any atom is 0.406 e. The van der Waals surface area contributed by atoms with Gasteiger partial charge in [-0.25, -0.2) is 17.6 Å². The molecule has 0 unspecified atom stereocenters. The third-order valence-corrected chi connectivity index (χ3v) is 2.49. The van der Waals surface area contributed by atoms with Gasteiger partial charge in [-0.15, -0.1) is 0 Å². The van der Waals surface area contributed by atoms with Gasteiger partial charge in [0.05, 0.1) is 0 Å². The van der Waals surface area contributed by atoms with E-state index in [1.807, 2.05) is 0 Å². The molecule has 0 radical (unpaired) electrons. The van der Waals surface area contributed by atoms with Gasteiger partial charge >= 0.3 is 6.18 Å². The predicted octanol–water partition coefficient (Wildman–Crippen LogP) is 2.45. The van der Waals surface area contributed by atoms with Crippen LogP contribution in [0, 0.1) is 11.3 Å². The van der Waals surface area contributed by atoms with E-state index in [1.165, 1.54) is 0 Å². The van der Waals surface area contributed by atoms with Crippen molar-refractivity contribution in [2.45, 2.75) is 18.0 Å². The molecule has 0 spiro atoms. The van der Waals surface area contributed by atoms with E-state index in [9.17, 15) is 30.7 Å². The molecule has 0 aromatic carbocycles. The Morgan fingerprint density at radius 1 is 0.833 bits per heavy atom. The topological polar surface area (TPSA) is 0 Å². The molecule has 0 amide bonds. The first-order chi connectivity index (χ1) is 5.12. The van der Waals surface area contributed by atoms with Crippen molar-refractivity contribution in [1.29, 1.82) is 0 Å². The maximum absolute atomic E-state index is 12.0. The minimum atomic E-state index is -5.51. The average Bonchev–Trinajstić information content (AvgIpc) is 2.46. The number of hydrogen-bond acceptors (Lipinski definition) is 0. The number of rotatable bonds is 0. The highest BCUT2D eigenvalue weighted by Gasteiger charge is 3.19. The van der Waals surface area contributed by atoms with Gasteiger partial charge in [-0.05, 0) is 0 Å². The van der Waals surface area contributed by atoms with Crippen LogP contribution in [-0.2, 0) is 0 Å². The second-order valence-electron chi connectivity index (χ2n) is 2.98. The standard InChI is InChI=1S/C5HF7/c6-3(7)1-2(3,4(1,8)9)5(10,11)12/h1H. The first-order valence-electron chi connectivity index (χ1n) is 2.94. The summed E-state index contributed by atoms with van der Waals surface area (Å²) in [7, 11) is 0. The first kappa shape index (κ1) is 8.12. The molecule has 0 N–H and O–H groups in total. The van der Waals surface area contributed by atoms with Crippen LogP contribution in [0.3, 0.4) is 0 Å². The van der Waals surface area contributed by atoms with Crippen molar-refractivity contribution in [1.82, 2.24) is 0 Å². The minimum Gasteiger partial charge on any atom is -0.205 e. The Morgan fingerprint density at radius 3 is 1.17 bits per heavy atom. The van der Waals surface area contributed by atoms with E-state index in [4.69, 9.17) is 0 Å². The fourth-order valence-corrected chi connectivity index (χ4v) is 1.72. The van der Waals surface area contributed by atoms with Gasteiger partial charge in [0.2, 0.25) is 5.41 Å². The van der Waals surface area contributed by atoms with E-state index >= 15 is 0 Å². The van der Waals surface area contributed by atoms with Gasteiger partial charge < -0.3 is 0 Å². The highest BCUT2D eigenvalue weighted by Crippen LogP contribution is 2.96. The molecule has 0 aromatic heterocycles. The highest BCUT2D eigenvalue weighted by molar-refractivity contribution is 5.46. The fraction of sp³-hybridized carbons (Fsp3) is 1.00. The van der Waals surface area contributed by atoms with Crippen LogP contribution in [0.2, 0.25) is 0 Å². The second-order valence-corrected chi connectivity index (χ2v) is 2.98. The van der Waals surface area contributed by atoms with Crippen LogP contribution in [0.1, 0.15) is 0 Å². The average molecular weight is 194 g/mol. The van der Waals surface area contributed by atoms with Crippen molar-refractivity contribution in [2.75, 3.05) is 0 Å².